The highest BCUT2D eigenvalue weighted by Gasteiger charge is 1.93. The first-order chi connectivity index (χ1) is 4.20. The number of halogens is 2. The van der Waals surface area contributed by atoms with Crippen molar-refractivity contribution in [1.82, 2.24) is 4.98 Å². The quantitative estimate of drug-likeness (QED) is 0.456. The van der Waals surface area contributed by atoms with E-state index in [1.54, 1.807) is 6.07 Å². The van der Waals surface area contributed by atoms with Crippen LogP contribution in [-0.4, -0.2) is 12.8 Å². The highest BCUT2D eigenvalue weighted by molar-refractivity contribution is 9.10. The Balaban J connectivity index is 3.17. The van der Waals surface area contributed by atoms with Crippen molar-refractivity contribution in [1.29, 1.82) is 0 Å². The van der Waals surface area contributed by atoms with Crippen LogP contribution in [0, 0.1) is 0 Å². The minimum absolute atomic E-state index is 0.484. The molecule has 44 valence electrons. The Labute approximate surface area is 68.0 Å². The lowest BCUT2D eigenvalue weighted by Gasteiger charge is -1.94. The third-order valence-corrected chi connectivity index (χ3v) is 1.60. The monoisotopic (exact) mass is 201 g/mol. The standard InChI is InChI=1S/C5H2BBrClN/c6-3-1-5(7)9-2-4(3)8/h1-2H. The van der Waals surface area contributed by atoms with Crippen molar-refractivity contribution >= 4 is 40.8 Å². The lowest BCUT2D eigenvalue weighted by atomic mass is 9.98. The van der Waals surface area contributed by atoms with Crippen LogP contribution in [0.25, 0.3) is 0 Å². The lowest BCUT2D eigenvalue weighted by molar-refractivity contribution is 1.29. The Hall–Kier alpha value is -0.0151. The van der Waals surface area contributed by atoms with E-state index < -0.39 is 0 Å². The van der Waals surface area contributed by atoms with Crippen LogP contribution >= 0.6 is 27.5 Å². The highest BCUT2D eigenvalue weighted by atomic mass is 79.9. The van der Waals surface area contributed by atoms with Gasteiger partial charge in [0.2, 0.25) is 0 Å². The molecule has 0 atom stereocenters. The van der Waals surface area contributed by atoms with Crippen molar-refractivity contribution < 1.29 is 0 Å². The zero-order valence-corrected chi connectivity index (χ0v) is 6.78. The lowest BCUT2D eigenvalue weighted by Crippen LogP contribution is -2.03. The van der Waals surface area contributed by atoms with Crippen LogP contribution in [0.5, 0.6) is 0 Å². The van der Waals surface area contributed by atoms with Crippen LogP contribution in [0.4, 0.5) is 0 Å². The molecule has 1 rings (SSSR count). The molecule has 2 radical (unpaired) electrons. The largest absolute Gasteiger partial charge is 0.248 e. The molecule has 0 saturated heterocycles. The van der Waals surface area contributed by atoms with E-state index in [9.17, 15) is 0 Å². The normalized spacial score (nSPS) is 9.56. The summed E-state index contributed by atoms with van der Waals surface area (Å²) in [5, 5.41) is 0.484. The molecule has 0 amide bonds. The average molecular weight is 202 g/mol. The molecule has 1 heterocycles. The van der Waals surface area contributed by atoms with Crippen LogP contribution in [-0.2, 0) is 0 Å². The Morgan fingerprint density at radius 3 is 2.78 bits per heavy atom. The van der Waals surface area contributed by atoms with E-state index in [-0.39, 0.29) is 0 Å². The van der Waals surface area contributed by atoms with Gasteiger partial charge in [0.25, 0.3) is 0 Å². The van der Waals surface area contributed by atoms with Gasteiger partial charge in [-0.25, -0.2) is 4.98 Å². The minimum atomic E-state index is 0.484. The molecule has 0 aliphatic carbocycles. The Morgan fingerprint density at radius 2 is 2.33 bits per heavy atom. The van der Waals surface area contributed by atoms with Crippen LogP contribution in [0.1, 0.15) is 0 Å². The molecule has 0 aromatic carbocycles. The van der Waals surface area contributed by atoms with Crippen LogP contribution < -0.4 is 5.46 Å². The summed E-state index contributed by atoms with van der Waals surface area (Å²) in [4.78, 5) is 3.84. The van der Waals surface area contributed by atoms with E-state index in [1.165, 1.54) is 6.20 Å². The summed E-state index contributed by atoms with van der Waals surface area (Å²) >= 11 is 8.72. The predicted molar refractivity (Wildman–Crippen MR) is 42.3 cm³/mol. The highest BCUT2D eigenvalue weighted by Crippen LogP contribution is 2.06. The Kier molecular flexibility index (Phi) is 2.14. The molecule has 0 N–H and O–H groups in total. The summed E-state index contributed by atoms with van der Waals surface area (Å²) in [5.74, 6) is 0. The smallest absolute Gasteiger partial charge is 0.116 e. The Bertz CT molecular complexity index is 228. The topological polar surface area (TPSA) is 12.9 Å². The number of aromatic nitrogens is 1. The van der Waals surface area contributed by atoms with Crippen LogP contribution in [0.15, 0.2) is 16.9 Å². The molecule has 1 aromatic heterocycles. The van der Waals surface area contributed by atoms with Gasteiger partial charge in [0.05, 0.1) is 5.02 Å². The predicted octanol–water partition coefficient (Wildman–Crippen LogP) is 1.29. The zero-order valence-electron chi connectivity index (χ0n) is 4.44. The van der Waals surface area contributed by atoms with Crippen molar-refractivity contribution in [3.63, 3.8) is 0 Å². The fourth-order valence-corrected chi connectivity index (χ4v) is 0.880. The fraction of sp³-hybridized carbons (Fsp3) is 0. The summed E-state index contributed by atoms with van der Waals surface area (Å²) in [6, 6.07) is 1.66. The van der Waals surface area contributed by atoms with Gasteiger partial charge >= 0.3 is 0 Å². The molecule has 0 bridgehead atoms. The molecule has 0 saturated carbocycles. The zero-order chi connectivity index (χ0) is 6.85. The van der Waals surface area contributed by atoms with Crippen molar-refractivity contribution in [2.45, 2.75) is 0 Å². The number of hydrogen-bond acceptors (Lipinski definition) is 1. The van der Waals surface area contributed by atoms with Gasteiger partial charge in [-0.3, -0.25) is 0 Å². The molecule has 0 aliphatic rings. The third-order valence-electron chi connectivity index (χ3n) is 0.852. The summed E-state index contributed by atoms with van der Waals surface area (Å²) in [5.41, 5.74) is 0.540. The van der Waals surface area contributed by atoms with E-state index >= 15 is 0 Å². The molecular formula is C5H2BBrClN. The molecule has 0 unspecified atom stereocenters. The number of pyridine rings is 1. The molecule has 1 aromatic rings. The summed E-state index contributed by atoms with van der Waals surface area (Å²) in [6.45, 7) is 0. The van der Waals surface area contributed by atoms with Crippen LogP contribution in [0.3, 0.4) is 0 Å². The van der Waals surface area contributed by atoms with E-state index in [2.05, 4.69) is 20.9 Å². The third kappa shape index (κ3) is 1.70. The van der Waals surface area contributed by atoms with Gasteiger partial charge in [0, 0.05) is 6.20 Å². The van der Waals surface area contributed by atoms with E-state index in [1.807, 2.05) is 0 Å². The summed E-state index contributed by atoms with van der Waals surface area (Å²) < 4.78 is 0.699. The van der Waals surface area contributed by atoms with Crippen molar-refractivity contribution in [2.75, 3.05) is 0 Å². The van der Waals surface area contributed by atoms with Gasteiger partial charge in [-0.2, -0.15) is 0 Å². The minimum Gasteiger partial charge on any atom is -0.248 e. The SMILES string of the molecule is [B]c1cc(Br)ncc1Cl. The second-order valence-corrected chi connectivity index (χ2v) is 2.75. The molecule has 0 spiro atoms. The second-order valence-electron chi connectivity index (χ2n) is 1.53. The maximum absolute atomic E-state index is 5.57. The van der Waals surface area contributed by atoms with Crippen LogP contribution in [0.2, 0.25) is 5.02 Å². The van der Waals surface area contributed by atoms with Gasteiger partial charge in [-0.15, -0.1) is 0 Å². The van der Waals surface area contributed by atoms with Crippen molar-refractivity contribution in [3.8, 4) is 0 Å². The van der Waals surface area contributed by atoms with Gasteiger partial charge in [-0.1, -0.05) is 17.1 Å². The Morgan fingerprint density at radius 1 is 1.67 bits per heavy atom. The molecular weight excluding hydrogens is 200 g/mol. The molecule has 1 nitrogen and oxygen atoms in total. The fourth-order valence-electron chi connectivity index (χ4n) is 0.427. The first-order valence-electron chi connectivity index (χ1n) is 2.26. The van der Waals surface area contributed by atoms with E-state index in [0.717, 1.165) is 0 Å². The van der Waals surface area contributed by atoms with Gasteiger partial charge in [0.1, 0.15) is 12.4 Å². The number of hydrogen-bond donors (Lipinski definition) is 0. The maximum Gasteiger partial charge on any atom is 0.116 e. The average Bonchev–Trinajstić information content (AvgIpc) is 1.80. The number of rotatable bonds is 0. The van der Waals surface area contributed by atoms with Gasteiger partial charge < -0.3 is 0 Å². The maximum atomic E-state index is 5.57. The second kappa shape index (κ2) is 2.71. The van der Waals surface area contributed by atoms with E-state index in [4.69, 9.17) is 19.4 Å². The van der Waals surface area contributed by atoms with Gasteiger partial charge in [0.15, 0.2) is 0 Å². The van der Waals surface area contributed by atoms with Gasteiger partial charge in [-0.05, 0) is 22.0 Å². The summed E-state index contributed by atoms with van der Waals surface area (Å²) in [7, 11) is 5.42. The molecule has 0 aliphatic heterocycles. The van der Waals surface area contributed by atoms with E-state index in [0.29, 0.717) is 15.1 Å². The van der Waals surface area contributed by atoms with Crippen molar-refractivity contribution in [2.24, 2.45) is 0 Å². The summed E-state index contributed by atoms with van der Waals surface area (Å²) in [6.07, 6.45) is 1.50. The first kappa shape index (κ1) is 7.10. The number of nitrogens with zero attached hydrogens (tertiary/aromatic N) is 1. The molecule has 4 heteroatoms. The first-order valence-corrected chi connectivity index (χ1v) is 3.44. The molecule has 9 heavy (non-hydrogen) atoms. The van der Waals surface area contributed by atoms with Crippen molar-refractivity contribution in [3.05, 3.63) is 21.9 Å². The molecule has 0 fully saturated rings.